The van der Waals surface area contributed by atoms with Crippen molar-refractivity contribution < 1.29 is 32.5 Å². The summed E-state index contributed by atoms with van der Waals surface area (Å²) in [5, 5.41) is 10.1. The van der Waals surface area contributed by atoms with E-state index in [4.69, 9.17) is 14.2 Å². The van der Waals surface area contributed by atoms with Gasteiger partial charge >= 0.3 is 175 Å². The Morgan fingerprint density at radius 1 is 1.21 bits per heavy atom. The molecule has 0 saturated carbocycles. The number of hydrogen-bond donors (Lipinski definition) is 2. The molecule has 8 nitrogen and oxygen atoms in total. The molecule has 1 aromatic rings. The number of nitrogens with one attached hydrogen (secondary N) is 1. The van der Waals surface area contributed by atoms with E-state index in [0.29, 0.717) is 0 Å². The summed E-state index contributed by atoms with van der Waals surface area (Å²) in [5.41, 5.74) is -0.718. The Morgan fingerprint density at radius 3 is 2.25 bits per heavy atom. The third-order valence-electron chi connectivity index (χ3n) is 3.38. The van der Waals surface area contributed by atoms with Crippen molar-refractivity contribution in [3.63, 3.8) is 0 Å². The van der Waals surface area contributed by atoms with Crippen molar-refractivity contribution in [1.29, 1.82) is 0 Å². The van der Waals surface area contributed by atoms with Crippen LogP contribution in [0.15, 0.2) is 23.1 Å². The summed E-state index contributed by atoms with van der Waals surface area (Å²) in [5.74, 6) is -0.963. The summed E-state index contributed by atoms with van der Waals surface area (Å²) in [4.78, 5) is 12.0. The van der Waals surface area contributed by atoms with E-state index in [0.717, 1.165) is 4.35 Å². The van der Waals surface area contributed by atoms with Crippen LogP contribution in [0.5, 0.6) is 5.75 Å². The molecule has 0 amide bonds. The zero-order valence-electron chi connectivity index (χ0n) is 16.9. The molecule has 1 rings (SSSR count). The Morgan fingerprint density at radius 2 is 1.79 bits per heavy atom. The zero-order valence-corrected chi connectivity index (χ0v) is 20.1. The van der Waals surface area contributed by atoms with Gasteiger partial charge in [0.1, 0.15) is 0 Å². The zero-order chi connectivity index (χ0) is 21.5. The maximum atomic E-state index is 12.8. The number of carbonyl (C=O) groups excluding carboxylic acids is 1. The van der Waals surface area contributed by atoms with Crippen LogP contribution >= 0.6 is 0 Å². The van der Waals surface area contributed by atoms with Crippen molar-refractivity contribution in [2.45, 2.75) is 63.9 Å². The van der Waals surface area contributed by atoms with Gasteiger partial charge in [0, 0.05) is 0 Å². The molecule has 1 unspecified atom stereocenters. The fraction of sp³-hybridized carbons (Fsp3) is 0.611. The first kappa shape index (κ1) is 24.9. The van der Waals surface area contributed by atoms with Crippen molar-refractivity contribution in [3.8, 4) is 5.75 Å². The first-order valence-corrected chi connectivity index (χ1v) is 11.6. The second-order valence-electron chi connectivity index (χ2n) is 7.02. The molecule has 0 aliphatic rings. The predicted molar refractivity (Wildman–Crippen MR) is 108 cm³/mol. The Bertz CT molecular complexity index is 756. The van der Waals surface area contributed by atoms with Crippen LogP contribution in [0.1, 0.15) is 41.0 Å². The molecule has 160 valence electrons. The number of ether oxygens (including phenoxy) is 3. The normalized spacial score (nSPS) is 13.5. The number of aromatic hydroxyl groups is 1. The molecule has 2 N–H and O–H groups in total. The molecule has 0 heterocycles. The Labute approximate surface area is 175 Å². The molecule has 0 bridgehead atoms. The van der Waals surface area contributed by atoms with Gasteiger partial charge in [-0.15, -0.1) is 0 Å². The summed E-state index contributed by atoms with van der Waals surface area (Å²) in [6.07, 6.45) is -1.29. The van der Waals surface area contributed by atoms with Gasteiger partial charge in [0.25, 0.3) is 0 Å². The predicted octanol–water partition coefficient (Wildman–Crippen LogP) is 0.428. The summed E-state index contributed by atoms with van der Waals surface area (Å²) >= 11 is 1.25. The molecule has 0 saturated heterocycles. The number of esters is 1. The SMILES string of the molecule is CCOC(OCC)[C@H](CC(=O)OC(C)(C)C)NS(=O)(=O)c1ccc([AsH2])cc1O. The van der Waals surface area contributed by atoms with E-state index in [2.05, 4.69) is 4.72 Å². The average Bonchev–Trinajstić information content (AvgIpc) is 2.51. The fourth-order valence-electron chi connectivity index (χ4n) is 2.39. The van der Waals surface area contributed by atoms with E-state index in [-0.39, 0.29) is 30.3 Å². The van der Waals surface area contributed by atoms with E-state index in [1.54, 1.807) is 40.7 Å². The van der Waals surface area contributed by atoms with Crippen molar-refractivity contribution in [3.05, 3.63) is 18.2 Å². The summed E-state index contributed by atoms with van der Waals surface area (Å²) in [7, 11) is -4.14. The Hall–Kier alpha value is -1.12. The van der Waals surface area contributed by atoms with Gasteiger partial charge in [0.15, 0.2) is 0 Å². The standard InChI is InChI=1S/C18H30AsNO7S/c1-6-25-17(26-7-2)13(11-16(22)27-18(3,4)5)20-28(23,24)15-9-8-12(19)10-14(15)21/h8-10,13,17,20-21H,6-7,11,19H2,1-5H3/t13-/m0/s1. The molecule has 0 fully saturated rings. The van der Waals surface area contributed by atoms with E-state index >= 15 is 0 Å². The monoisotopic (exact) mass is 479 g/mol. The number of sulfonamides is 1. The molecule has 0 aliphatic carbocycles. The van der Waals surface area contributed by atoms with Crippen LogP contribution in [0.3, 0.4) is 0 Å². The van der Waals surface area contributed by atoms with Crippen molar-refractivity contribution in [2.24, 2.45) is 0 Å². The number of hydrogen-bond acceptors (Lipinski definition) is 7. The Kier molecular flexibility index (Phi) is 9.43. The maximum absolute atomic E-state index is 12.8. The number of benzene rings is 1. The van der Waals surface area contributed by atoms with Gasteiger partial charge in [-0.25, -0.2) is 0 Å². The molecule has 28 heavy (non-hydrogen) atoms. The van der Waals surface area contributed by atoms with Crippen LogP contribution in [-0.4, -0.2) is 67.5 Å². The number of phenols is 1. The molecule has 1 aromatic carbocycles. The summed E-state index contributed by atoms with van der Waals surface area (Å²) in [6.45, 7) is 9.15. The minimum atomic E-state index is -4.14. The van der Waals surface area contributed by atoms with Gasteiger partial charge in [-0.1, -0.05) is 0 Å². The first-order valence-electron chi connectivity index (χ1n) is 8.95. The number of phenolic OH excluding ortho intramolecular Hbond substituents is 1. The third-order valence-corrected chi connectivity index (χ3v) is 5.67. The van der Waals surface area contributed by atoms with E-state index in [9.17, 15) is 18.3 Å². The molecular formula is C18H30AsNO7S. The van der Waals surface area contributed by atoms with Gasteiger partial charge in [0.05, 0.1) is 0 Å². The van der Waals surface area contributed by atoms with Gasteiger partial charge in [-0.05, 0) is 0 Å². The minimum absolute atomic E-state index is 0.259. The van der Waals surface area contributed by atoms with Gasteiger partial charge < -0.3 is 0 Å². The molecule has 0 aromatic heterocycles. The molecular weight excluding hydrogens is 449 g/mol. The fourth-order valence-corrected chi connectivity index (χ4v) is 4.22. The molecule has 0 aliphatic heterocycles. The number of carbonyl (C=O) groups is 1. The second-order valence-corrected chi connectivity index (χ2v) is 10.1. The van der Waals surface area contributed by atoms with E-state index in [1.165, 1.54) is 29.0 Å². The van der Waals surface area contributed by atoms with Gasteiger partial charge in [-0.2, -0.15) is 0 Å². The quantitative estimate of drug-likeness (QED) is 0.284. The summed E-state index contributed by atoms with van der Waals surface area (Å²) < 4.78 is 45.1. The van der Waals surface area contributed by atoms with Crippen LogP contribution < -0.4 is 9.07 Å². The second kappa shape index (κ2) is 10.6. The van der Waals surface area contributed by atoms with Crippen LogP contribution in [0.4, 0.5) is 0 Å². The average molecular weight is 479 g/mol. The number of rotatable bonds is 10. The van der Waals surface area contributed by atoms with Gasteiger partial charge in [-0.3, -0.25) is 0 Å². The van der Waals surface area contributed by atoms with Crippen LogP contribution in [0, 0.1) is 0 Å². The van der Waals surface area contributed by atoms with E-state index < -0.39 is 33.9 Å². The Balaban J connectivity index is 3.16. The third kappa shape index (κ3) is 8.09. The summed E-state index contributed by atoms with van der Waals surface area (Å²) in [6, 6.07) is 3.25. The molecule has 10 heteroatoms. The van der Waals surface area contributed by atoms with Crippen LogP contribution in [0.2, 0.25) is 0 Å². The molecule has 2 atom stereocenters. The van der Waals surface area contributed by atoms with Crippen molar-refractivity contribution in [1.82, 2.24) is 4.72 Å². The van der Waals surface area contributed by atoms with Crippen molar-refractivity contribution >= 4 is 37.2 Å². The topological polar surface area (TPSA) is 111 Å². The van der Waals surface area contributed by atoms with Gasteiger partial charge in [0.2, 0.25) is 0 Å². The van der Waals surface area contributed by atoms with Crippen LogP contribution in [0.25, 0.3) is 0 Å². The molecule has 0 radical (unpaired) electrons. The first-order chi connectivity index (χ1) is 12.9. The van der Waals surface area contributed by atoms with Crippen molar-refractivity contribution in [2.75, 3.05) is 13.2 Å². The van der Waals surface area contributed by atoms with Crippen LogP contribution in [-0.2, 0) is 29.0 Å². The molecule has 0 spiro atoms. The van der Waals surface area contributed by atoms with E-state index in [1.807, 2.05) is 0 Å².